The van der Waals surface area contributed by atoms with Crippen LogP contribution >= 0.6 is 11.3 Å². The molecule has 1 amide bonds. The van der Waals surface area contributed by atoms with E-state index in [1.165, 1.54) is 6.07 Å². The van der Waals surface area contributed by atoms with Crippen molar-refractivity contribution >= 4 is 27.5 Å². The number of aryl methyl sites for hydroxylation is 1. The largest absolute Gasteiger partial charge is 0.433 e. The summed E-state index contributed by atoms with van der Waals surface area (Å²) >= 11 is 1.01. The summed E-state index contributed by atoms with van der Waals surface area (Å²) in [5, 5.41) is 6.77. The van der Waals surface area contributed by atoms with E-state index in [2.05, 4.69) is 15.6 Å². The molecule has 23 heavy (non-hydrogen) atoms. The molecule has 124 valence electrons. The number of alkyl halides is 3. The summed E-state index contributed by atoms with van der Waals surface area (Å²) in [6.07, 6.45) is -2.78. The lowest BCUT2D eigenvalue weighted by Crippen LogP contribution is -2.42. The molecule has 8 heteroatoms. The first kappa shape index (κ1) is 16.2. The summed E-state index contributed by atoms with van der Waals surface area (Å²) in [5.41, 5.74) is -0.255. The summed E-state index contributed by atoms with van der Waals surface area (Å²) in [7, 11) is 0. The summed E-state index contributed by atoms with van der Waals surface area (Å²) in [5.74, 6) is -0.231. The normalized spacial score (nSPS) is 16.7. The molecule has 0 aliphatic carbocycles. The molecule has 0 unspecified atom stereocenters. The quantitative estimate of drug-likeness (QED) is 0.881. The number of fused-ring (bicyclic) bond motifs is 1. The lowest BCUT2D eigenvalue weighted by Gasteiger charge is -2.23. The van der Waals surface area contributed by atoms with E-state index in [1.54, 1.807) is 6.92 Å². The molecule has 1 fully saturated rings. The Kier molecular flexibility index (Phi) is 4.29. The second-order valence-electron chi connectivity index (χ2n) is 5.60. The molecule has 1 aliphatic heterocycles. The summed E-state index contributed by atoms with van der Waals surface area (Å²) < 4.78 is 38.2. The van der Waals surface area contributed by atoms with Crippen molar-refractivity contribution in [2.45, 2.75) is 32.0 Å². The Balaban J connectivity index is 1.88. The van der Waals surface area contributed by atoms with Crippen molar-refractivity contribution < 1.29 is 18.0 Å². The minimum Gasteiger partial charge on any atom is -0.349 e. The molecule has 0 atom stereocenters. The fourth-order valence-electron chi connectivity index (χ4n) is 2.69. The van der Waals surface area contributed by atoms with Gasteiger partial charge >= 0.3 is 6.18 Å². The molecule has 1 aliphatic rings. The van der Waals surface area contributed by atoms with Crippen molar-refractivity contribution in [1.29, 1.82) is 0 Å². The van der Waals surface area contributed by atoms with Gasteiger partial charge in [0.2, 0.25) is 0 Å². The lowest BCUT2D eigenvalue weighted by atomic mass is 10.1. The van der Waals surface area contributed by atoms with Crippen LogP contribution < -0.4 is 10.6 Å². The van der Waals surface area contributed by atoms with Crippen LogP contribution in [0, 0.1) is 6.92 Å². The van der Waals surface area contributed by atoms with E-state index < -0.39 is 11.9 Å². The highest BCUT2D eigenvalue weighted by Gasteiger charge is 2.33. The average molecular weight is 343 g/mol. The van der Waals surface area contributed by atoms with Crippen molar-refractivity contribution in [3.63, 3.8) is 0 Å². The molecule has 0 aromatic carbocycles. The molecule has 4 nitrogen and oxygen atoms in total. The molecular formula is C15H16F3N3OS. The molecule has 0 spiro atoms. The third kappa shape index (κ3) is 3.32. The van der Waals surface area contributed by atoms with Crippen LogP contribution in [0.25, 0.3) is 10.2 Å². The third-order valence-corrected chi connectivity index (χ3v) is 5.17. The van der Waals surface area contributed by atoms with Gasteiger partial charge in [-0.2, -0.15) is 13.2 Å². The number of amides is 1. The fraction of sp³-hybridized carbons (Fsp3) is 0.467. The number of carbonyl (C=O) groups is 1. The van der Waals surface area contributed by atoms with Gasteiger partial charge in [-0.25, -0.2) is 4.98 Å². The zero-order valence-electron chi connectivity index (χ0n) is 12.5. The number of rotatable bonds is 2. The van der Waals surface area contributed by atoms with Crippen LogP contribution in [0.2, 0.25) is 0 Å². The number of piperidine rings is 1. The Labute approximate surface area is 135 Å². The minimum absolute atomic E-state index is 0.104. The van der Waals surface area contributed by atoms with Crippen LogP contribution in [0.5, 0.6) is 0 Å². The van der Waals surface area contributed by atoms with Crippen LogP contribution in [0.4, 0.5) is 13.2 Å². The van der Waals surface area contributed by atoms with E-state index in [0.29, 0.717) is 15.8 Å². The van der Waals surface area contributed by atoms with Gasteiger partial charge in [0, 0.05) is 11.4 Å². The van der Waals surface area contributed by atoms with Crippen molar-refractivity contribution in [2.75, 3.05) is 13.1 Å². The topological polar surface area (TPSA) is 54.0 Å². The molecule has 1 saturated heterocycles. The first-order valence-corrected chi connectivity index (χ1v) is 8.17. The number of thiophene rings is 1. The standard InChI is InChI=1S/C15H16F3N3OS/c1-8-10-2-3-11(15(16,17)18)21-14(10)23-12(8)13(22)20-9-4-6-19-7-5-9/h2-3,9,19H,4-7H2,1H3,(H,20,22). The highest BCUT2D eigenvalue weighted by molar-refractivity contribution is 7.20. The molecule has 0 bridgehead atoms. The van der Waals surface area contributed by atoms with Crippen molar-refractivity contribution in [3.8, 4) is 0 Å². The molecule has 2 aromatic heterocycles. The molecular weight excluding hydrogens is 327 g/mol. The zero-order chi connectivity index (χ0) is 16.6. The number of nitrogens with zero attached hydrogens (tertiary/aromatic N) is 1. The molecule has 0 saturated carbocycles. The summed E-state index contributed by atoms with van der Waals surface area (Å²) in [4.78, 5) is 16.8. The maximum Gasteiger partial charge on any atom is 0.433 e. The Bertz CT molecular complexity index is 735. The van der Waals surface area contributed by atoms with Gasteiger partial charge < -0.3 is 10.6 Å². The first-order chi connectivity index (χ1) is 10.9. The van der Waals surface area contributed by atoms with Gasteiger partial charge in [0.1, 0.15) is 10.5 Å². The van der Waals surface area contributed by atoms with Gasteiger partial charge in [0.05, 0.1) is 4.88 Å². The van der Waals surface area contributed by atoms with E-state index in [0.717, 1.165) is 43.3 Å². The monoisotopic (exact) mass is 343 g/mol. The van der Waals surface area contributed by atoms with E-state index in [9.17, 15) is 18.0 Å². The number of hydrogen-bond acceptors (Lipinski definition) is 4. The molecule has 2 N–H and O–H groups in total. The number of pyridine rings is 1. The summed E-state index contributed by atoms with van der Waals surface area (Å²) in [6, 6.07) is 2.45. The lowest BCUT2D eigenvalue weighted by molar-refractivity contribution is -0.140. The second kappa shape index (κ2) is 6.09. The SMILES string of the molecule is Cc1c(C(=O)NC2CCNCC2)sc2nc(C(F)(F)F)ccc12. The number of halogens is 3. The smallest absolute Gasteiger partial charge is 0.349 e. The predicted molar refractivity (Wildman–Crippen MR) is 82.7 cm³/mol. The van der Waals surface area contributed by atoms with Gasteiger partial charge in [-0.05, 0) is 50.6 Å². The van der Waals surface area contributed by atoms with Crippen molar-refractivity contribution in [1.82, 2.24) is 15.6 Å². The van der Waals surface area contributed by atoms with Crippen LogP contribution in [0.1, 0.15) is 33.8 Å². The van der Waals surface area contributed by atoms with Gasteiger partial charge in [-0.15, -0.1) is 11.3 Å². The van der Waals surface area contributed by atoms with Crippen molar-refractivity contribution in [3.05, 3.63) is 28.3 Å². The number of nitrogens with one attached hydrogen (secondary N) is 2. The second-order valence-corrected chi connectivity index (χ2v) is 6.60. The van der Waals surface area contributed by atoms with Crippen LogP contribution in [-0.2, 0) is 6.18 Å². The van der Waals surface area contributed by atoms with Crippen molar-refractivity contribution in [2.24, 2.45) is 0 Å². The predicted octanol–water partition coefficient (Wildman–Crippen LogP) is 3.11. The van der Waals surface area contributed by atoms with Gasteiger partial charge in [-0.3, -0.25) is 4.79 Å². The van der Waals surface area contributed by atoms with Gasteiger partial charge in [-0.1, -0.05) is 0 Å². The Hall–Kier alpha value is -1.67. The number of hydrogen-bond donors (Lipinski definition) is 2. The van der Waals surface area contributed by atoms with Gasteiger partial charge in [0.15, 0.2) is 0 Å². The Morgan fingerprint density at radius 1 is 1.35 bits per heavy atom. The highest BCUT2D eigenvalue weighted by Crippen LogP contribution is 2.34. The number of aromatic nitrogens is 1. The summed E-state index contributed by atoms with van der Waals surface area (Å²) in [6.45, 7) is 3.45. The van der Waals surface area contributed by atoms with E-state index >= 15 is 0 Å². The maximum atomic E-state index is 12.7. The Morgan fingerprint density at radius 2 is 2.04 bits per heavy atom. The minimum atomic E-state index is -4.48. The average Bonchev–Trinajstić information content (AvgIpc) is 2.84. The van der Waals surface area contributed by atoms with Crippen LogP contribution in [-0.4, -0.2) is 30.0 Å². The fourth-order valence-corrected chi connectivity index (χ4v) is 3.77. The Morgan fingerprint density at radius 3 is 2.70 bits per heavy atom. The molecule has 0 radical (unpaired) electrons. The van der Waals surface area contributed by atoms with E-state index in [4.69, 9.17) is 0 Å². The maximum absolute atomic E-state index is 12.7. The number of carbonyl (C=O) groups excluding carboxylic acids is 1. The molecule has 2 aromatic rings. The van der Waals surface area contributed by atoms with Crippen LogP contribution in [0.15, 0.2) is 12.1 Å². The molecule has 3 rings (SSSR count). The van der Waals surface area contributed by atoms with Crippen LogP contribution in [0.3, 0.4) is 0 Å². The third-order valence-electron chi connectivity index (χ3n) is 3.97. The zero-order valence-corrected chi connectivity index (χ0v) is 13.3. The van der Waals surface area contributed by atoms with E-state index in [1.807, 2.05) is 0 Å². The van der Waals surface area contributed by atoms with E-state index in [-0.39, 0.29) is 16.8 Å². The molecule has 3 heterocycles. The highest BCUT2D eigenvalue weighted by atomic mass is 32.1. The first-order valence-electron chi connectivity index (χ1n) is 7.35. The van der Waals surface area contributed by atoms with Gasteiger partial charge in [0.25, 0.3) is 5.91 Å².